The Morgan fingerprint density at radius 1 is 1.08 bits per heavy atom. The Balaban J connectivity index is 1.73. The molecule has 36 heavy (non-hydrogen) atoms. The van der Waals surface area contributed by atoms with E-state index in [0.29, 0.717) is 12.5 Å². The topological polar surface area (TPSA) is 149 Å². The summed E-state index contributed by atoms with van der Waals surface area (Å²) in [7, 11) is 0. The van der Waals surface area contributed by atoms with Gasteiger partial charge in [0.1, 0.15) is 34.9 Å². The summed E-state index contributed by atoms with van der Waals surface area (Å²) in [6.07, 6.45) is -2.58. The molecule has 0 atom stereocenters. The fourth-order valence-electron chi connectivity index (χ4n) is 3.77. The van der Waals surface area contributed by atoms with Gasteiger partial charge in [0.05, 0.1) is 16.6 Å². The van der Waals surface area contributed by atoms with Gasteiger partial charge in [0.2, 0.25) is 5.95 Å². The van der Waals surface area contributed by atoms with Crippen LogP contribution in [-0.2, 0) is 6.42 Å². The van der Waals surface area contributed by atoms with Gasteiger partial charge in [-0.1, -0.05) is 12.1 Å². The molecule has 0 radical (unpaired) electrons. The minimum absolute atomic E-state index is 0.000275. The molecule has 0 bridgehead atoms. The van der Waals surface area contributed by atoms with E-state index in [1.165, 1.54) is 12.1 Å². The molecule has 0 unspecified atom stereocenters. The number of aromatic nitrogens is 4. The van der Waals surface area contributed by atoms with E-state index in [1.54, 1.807) is 0 Å². The molecule has 0 aliphatic rings. The average molecular weight is 498 g/mol. The number of hydrogen-bond donors (Lipinski definition) is 3. The van der Waals surface area contributed by atoms with Gasteiger partial charge >= 0.3 is 0 Å². The zero-order valence-corrected chi connectivity index (χ0v) is 18.5. The van der Waals surface area contributed by atoms with Crippen LogP contribution in [-0.4, -0.2) is 26.1 Å². The van der Waals surface area contributed by atoms with Crippen LogP contribution >= 0.6 is 0 Å². The Bertz CT molecular complexity index is 1540. The maximum Gasteiger partial charge on any atom is 0.266 e. The van der Waals surface area contributed by atoms with E-state index in [4.69, 9.17) is 11.5 Å². The zero-order chi connectivity index (χ0) is 26.0. The smallest absolute Gasteiger partial charge is 0.266 e. The van der Waals surface area contributed by atoms with Crippen LogP contribution in [0.15, 0.2) is 41.2 Å². The minimum Gasteiger partial charge on any atom is -0.382 e. The summed E-state index contributed by atoms with van der Waals surface area (Å²) in [6, 6.07) is 8.19. The van der Waals surface area contributed by atoms with E-state index in [0.717, 1.165) is 22.8 Å². The number of fused-ring (bicyclic) bond motifs is 1. The third kappa shape index (κ3) is 4.74. The number of rotatable bonds is 7. The second-order valence-corrected chi connectivity index (χ2v) is 7.67. The number of hydrogen-bond acceptors (Lipinski definition) is 8. The molecular weight excluding hydrogens is 480 g/mol. The van der Waals surface area contributed by atoms with Gasteiger partial charge in [0.15, 0.2) is 5.82 Å². The monoisotopic (exact) mass is 498 g/mol. The van der Waals surface area contributed by atoms with Gasteiger partial charge in [-0.2, -0.15) is 15.2 Å². The highest BCUT2D eigenvalue weighted by Crippen LogP contribution is 2.26. The number of aryl methyl sites for hydroxylation is 1. The molecule has 2 heterocycles. The molecule has 0 saturated heterocycles. The number of nitriles is 1. The van der Waals surface area contributed by atoms with Crippen molar-refractivity contribution >= 4 is 28.5 Å². The highest BCUT2D eigenvalue weighted by Gasteiger charge is 2.20. The van der Waals surface area contributed by atoms with Crippen LogP contribution in [0.5, 0.6) is 0 Å². The predicted octanol–water partition coefficient (Wildman–Crippen LogP) is 3.47. The molecule has 0 spiro atoms. The number of anilines is 3. The molecule has 0 saturated carbocycles. The first-order valence-electron chi connectivity index (χ1n) is 10.6. The van der Waals surface area contributed by atoms with Gasteiger partial charge in [-0.25, -0.2) is 22.5 Å². The largest absolute Gasteiger partial charge is 0.382 e. The third-order valence-electron chi connectivity index (χ3n) is 5.28. The summed E-state index contributed by atoms with van der Waals surface area (Å²) < 4.78 is 56.1. The molecule has 0 fully saturated rings. The van der Waals surface area contributed by atoms with Crippen LogP contribution in [0.25, 0.3) is 16.6 Å². The van der Waals surface area contributed by atoms with Crippen molar-refractivity contribution in [1.82, 2.24) is 19.5 Å². The van der Waals surface area contributed by atoms with Crippen LogP contribution in [0.2, 0.25) is 0 Å². The van der Waals surface area contributed by atoms with Crippen molar-refractivity contribution in [2.75, 3.05) is 23.3 Å². The van der Waals surface area contributed by atoms with Crippen molar-refractivity contribution < 1.29 is 17.6 Å². The number of alkyl halides is 2. The van der Waals surface area contributed by atoms with Crippen molar-refractivity contribution in [2.45, 2.75) is 19.3 Å². The molecule has 5 N–H and O–H groups in total. The summed E-state index contributed by atoms with van der Waals surface area (Å²) in [4.78, 5) is 25.4. The van der Waals surface area contributed by atoms with E-state index in [2.05, 4.69) is 20.3 Å². The third-order valence-corrected chi connectivity index (χ3v) is 5.28. The van der Waals surface area contributed by atoms with Crippen LogP contribution in [0.1, 0.15) is 29.8 Å². The van der Waals surface area contributed by atoms with Crippen LogP contribution in [0.4, 0.5) is 35.1 Å². The van der Waals surface area contributed by atoms with Gasteiger partial charge in [-0.3, -0.25) is 9.36 Å². The maximum absolute atomic E-state index is 14.0. The Morgan fingerprint density at radius 3 is 2.47 bits per heavy atom. The lowest BCUT2D eigenvalue weighted by molar-refractivity contribution is 0.153. The summed E-state index contributed by atoms with van der Waals surface area (Å²) in [5, 5.41) is 11.8. The number of benzene rings is 2. The number of nitrogens with zero attached hydrogens (tertiary/aromatic N) is 5. The first kappa shape index (κ1) is 24.4. The van der Waals surface area contributed by atoms with Gasteiger partial charge in [-0.15, -0.1) is 0 Å². The summed E-state index contributed by atoms with van der Waals surface area (Å²) in [6.45, 7) is 0.201. The molecule has 0 amide bonds. The lowest BCUT2D eigenvalue weighted by Gasteiger charge is -2.16. The second-order valence-electron chi connectivity index (χ2n) is 7.67. The number of nitrogens with two attached hydrogens (primary N) is 2. The molecule has 13 heteroatoms. The van der Waals surface area contributed by atoms with E-state index in [-0.39, 0.29) is 58.5 Å². The molecule has 4 aromatic rings. The standard InChI is InChI=1S/C23H18F4N8O/c24-11-7-12(25)9-13(8-11)35-17(32-16-4-1-3-14(19(26)27)18(16)22(35)36)5-2-6-31-21-15(10-28)20(29)33-23(30)34-21/h1,3-4,7-9,19H,2,5-6H2,(H5,29,30,31,33,34). The van der Waals surface area contributed by atoms with Gasteiger partial charge < -0.3 is 16.8 Å². The van der Waals surface area contributed by atoms with Crippen LogP contribution in [0, 0.1) is 23.0 Å². The van der Waals surface area contributed by atoms with E-state index in [1.807, 2.05) is 6.07 Å². The molecule has 2 aromatic heterocycles. The molecule has 0 aliphatic heterocycles. The number of halogens is 4. The Labute approximate surface area is 201 Å². The van der Waals surface area contributed by atoms with Crippen molar-refractivity contribution in [3.8, 4) is 11.8 Å². The second kappa shape index (κ2) is 9.87. The maximum atomic E-state index is 14.0. The average Bonchev–Trinajstić information content (AvgIpc) is 2.80. The highest BCUT2D eigenvalue weighted by molar-refractivity contribution is 5.82. The highest BCUT2D eigenvalue weighted by atomic mass is 19.3. The summed E-state index contributed by atoms with van der Waals surface area (Å²) in [5.74, 6) is -1.93. The normalized spacial score (nSPS) is 11.1. The fourth-order valence-corrected chi connectivity index (χ4v) is 3.77. The van der Waals surface area contributed by atoms with Gasteiger partial charge in [0.25, 0.3) is 12.0 Å². The van der Waals surface area contributed by atoms with Gasteiger partial charge in [0, 0.05) is 24.6 Å². The fraction of sp³-hybridized carbons (Fsp3) is 0.174. The molecule has 4 rings (SSSR count). The van der Waals surface area contributed by atoms with Crippen molar-refractivity contribution in [3.63, 3.8) is 0 Å². The van der Waals surface area contributed by atoms with Crippen LogP contribution in [0.3, 0.4) is 0 Å². The van der Waals surface area contributed by atoms with E-state index in [9.17, 15) is 27.6 Å². The molecular formula is C23H18F4N8O. The first-order chi connectivity index (χ1) is 17.2. The molecule has 9 nitrogen and oxygen atoms in total. The molecule has 2 aromatic carbocycles. The zero-order valence-electron chi connectivity index (χ0n) is 18.5. The van der Waals surface area contributed by atoms with Gasteiger partial charge in [-0.05, 0) is 24.6 Å². The van der Waals surface area contributed by atoms with Crippen molar-refractivity contribution in [3.05, 3.63) is 75.3 Å². The van der Waals surface area contributed by atoms with Crippen molar-refractivity contribution in [2.24, 2.45) is 0 Å². The lowest BCUT2D eigenvalue weighted by atomic mass is 10.1. The molecule has 184 valence electrons. The number of nitrogen functional groups attached to an aromatic ring is 2. The SMILES string of the molecule is N#Cc1c(N)nc(N)nc1NCCCc1nc2cccc(C(F)F)c2c(=O)n1-c1cc(F)cc(F)c1. The molecule has 0 aliphatic carbocycles. The Kier molecular flexibility index (Phi) is 6.69. The summed E-state index contributed by atoms with van der Waals surface area (Å²) in [5.41, 5.74) is 9.67. The minimum atomic E-state index is -2.96. The Morgan fingerprint density at radius 2 is 1.81 bits per heavy atom. The van der Waals surface area contributed by atoms with Crippen molar-refractivity contribution in [1.29, 1.82) is 5.26 Å². The quantitative estimate of drug-likeness (QED) is 0.259. The lowest BCUT2D eigenvalue weighted by Crippen LogP contribution is -2.25. The summed E-state index contributed by atoms with van der Waals surface area (Å²) >= 11 is 0. The predicted molar refractivity (Wildman–Crippen MR) is 125 cm³/mol. The Hall–Kier alpha value is -4.73. The first-order valence-corrected chi connectivity index (χ1v) is 10.6. The number of nitrogens with one attached hydrogen (secondary N) is 1. The van der Waals surface area contributed by atoms with E-state index < -0.39 is 29.2 Å². The van der Waals surface area contributed by atoms with E-state index >= 15 is 0 Å². The van der Waals surface area contributed by atoms with Crippen LogP contribution < -0.4 is 22.3 Å².